The van der Waals surface area contributed by atoms with Gasteiger partial charge in [-0.25, -0.2) is 0 Å². The van der Waals surface area contributed by atoms with E-state index in [9.17, 15) is 4.79 Å². The number of nitrogens with zero attached hydrogens (tertiary/aromatic N) is 3. The Labute approximate surface area is 143 Å². The number of rotatable bonds is 6. The van der Waals surface area contributed by atoms with E-state index in [2.05, 4.69) is 15.3 Å². The first kappa shape index (κ1) is 16.7. The average molecular weight is 326 g/mol. The molecule has 2 heterocycles. The first-order chi connectivity index (χ1) is 11.6. The molecule has 0 unspecified atom stereocenters. The summed E-state index contributed by atoms with van der Waals surface area (Å²) in [5, 5.41) is 7.42. The average Bonchev–Trinajstić information content (AvgIpc) is 3.21. The van der Waals surface area contributed by atoms with Gasteiger partial charge >= 0.3 is 0 Å². The Morgan fingerprint density at radius 2 is 2.08 bits per heavy atom. The molecular weight excluding hydrogens is 300 g/mol. The predicted molar refractivity (Wildman–Crippen MR) is 94.4 cm³/mol. The number of benzene rings is 1. The Bertz CT molecular complexity index is 639. The zero-order valence-electron chi connectivity index (χ0n) is 14.4. The molecule has 2 aromatic rings. The minimum absolute atomic E-state index is 0.0866. The van der Waals surface area contributed by atoms with Crippen molar-refractivity contribution in [1.29, 1.82) is 0 Å². The van der Waals surface area contributed by atoms with Gasteiger partial charge in [0.15, 0.2) is 0 Å². The van der Waals surface area contributed by atoms with Crippen molar-refractivity contribution in [3.8, 4) is 0 Å². The van der Waals surface area contributed by atoms with Gasteiger partial charge in [0.25, 0.3) is 0 Å². The van der Waals surface area contributed by atoms with Gasteiger partial charge in [0, 0.05) is 24.5 Å². The van der Waals surface area contributed by atoms with Crippen molar-refractivity contribution in [2.24, 2.45) is 0 Å². The normalized spacial score (nSPS) is 19.5. The summed E-state index contributed by atoms with van der Waals surface area (Å²) in [6.07, 6.45) is 6.00. The molecule has 1 aliphatic rings. The fraction of sp³-hybridized carbons (Fsp3) is 0.474. The summed E-state index contributed by atoms with van der Waals surface area (Å²) in [5.74, 6) is 0.0866. The monoisotopic (exact) mass is 326 g/mol. The van der Waals surface area contributed by atoms with Crippen molar-refractivity contribution < 1.29 is 4.79 Å². The Morgan fingerprint density at radius 1 is 1.29 bits per heavy atom. The van der Waals surface area contributed by atoms with Crippen molar-refractivity contribution in [3.63, 3.8) is 0 Å². The first-order valence-corrected chi connectivity index (χ1v) is 8.73. The molecule has 0 aliphatic carbocycles. The van der Waals surface area contributed by atoms with E-state index in [1.807, 2.05) is 61.1 Å². The molecule has 5 nitrogen and oxygen atoms in total. The molecule has 0 bridgehead atoms. The highest BCUT2D eigenvalue weighted by Crippen LogP contribution is 2.30. The lowest BCUT2D eigenvalue weighted by atomic mass is 10.0. The van der Waals surface area contributed by atoms with E-state index < -0.39 is 0 Å². The van der Waals surface area contributed by atoms with Gasteiger partial charge in [0.05, 0.1) is 6.54 Å². The van der Waals surface area contributed by atoms with Crippen LogP contribution >= 0.6 is 0 Å². The highest BCUT2D eigenvalue weighted by atomic mass is 16.2. The number of carbonyl (C=O) groups excluding carboxylic acids is 1. The third-order valence-electron chi connectivity index (χ3n) is 4.51. The minimum atomic E-state index is -0.239. The molecule has 5 heteroatoms. The quantitative estimate of drug-likeness (QED) is 0.888. The van der Waals surface area contributed by atoms with Crippen molar-refractivity contribution >= 4 is 5.91 Å². The Kier molecular flexibility index (Phi) is 5.30. The van der Waals surface area contributed by atoms with Crippen LogP contribution in [0.3, 0.4) is 0 Å². The van der Waals surface area contributed by atoms with E-state index in [0.29, 0.717) is 6.04 Å². The smallest absolute Gasteiger partial charge is 0.242 e. The lowest BCUT2D eigenvalue weighted by molar-refractivity contribution is -0.127. The number of amides is 1. The number of likely N-dealkylation sites (tertiary alicyclic amines) is 1. The van der Waals surface area contributed by atoms with Gasteiger partial charge < -0.3 is 5.32 Å². The maximum atomic E-state index is 12.9. The molecule has 1 saturated heterocycles. The van der Waals surface area contributed by atoms with E-state index in [1.165, 1.54) is 0 Å². The summed E-state index contributed by atoms with van der Waals surface area (Å²) in [5.41, 5.74) is 1.06. The molecule has 0 saturated carbocycles. The maximum Gasteiger partial charge on any atom is 0.242 e. The van der Waals surface area contributed by atoms with Gasteiger partial charge in [-0.15, -0.1) is 0 Å². The zero-order chi connectivity index (χ0) is 16.9. The van der Waals surface area contributed by atoms with Gasteiger partial charge in [0.1, 0.15) is 6.04 Å². The molecule has 1 aromatic carbocycles. The Morgan fingerprint density at radius 3 is 2.75 bits per heavy atom. The van der Waals surface area contributed by atoms with Crippen molar-refractivity contribution in [3.05, 3.63) is 54.4 Å². The SMILES string of the molecule is CC(C)NC(=O)[C@H](c1ccccc1)N1CCC[C@@H]1Cn1cccn1. The Balaban J connectivity index is 1.84. The van der Waals surface area contributed by atoms with Crippen LogP contribution in [-0.2, 0) is 11.3 Å². The van der Waals surface area contributed by atoms with E-state index in [0.717, 1.165) is 31.5 Å². The summed E-state index contributed by atoms with van der Waals surface area (Å²) in [7, 11) is 0. The first-order valence-electron chi connectivity index (χ1n) is 8.73. The van der Waals surface area contributed by atoms with Crippen LogP contribution in [-0.4, -0.2) is 39.2 Å². The minimum Gasteiger partial charge on any atom is -0.352 e. The number of aromatic nitrogens is 2. The second-order valence-corrected chi connectivity index (χ2v) is 6.74. The molecule has 1 aromatic heterocycles. The summed E-state index contributed by atoms with van der Waals surface area (Å²) < 4.78 is 1.96. The van der Waals surface area contributed by atoms with E-state index in [4.69, 9.17) is 0 Å². The molecule has 2 atom stereocenters. The molecule has 24 heavy (non-hydrogen) atoms. The highest BCUT2D eigenvalue weighted by molar-refractivity contribution is 5.83. The lowest BCUT2D eigenvalue weighted by Gasteiger charge is -2.33. The highest BCUT2D eigenvalue weighted by Gasteiger charge is 2.36. The molecule has 128 valence electrons. The molecule has 1 amide bonds. The van der Waals surface area contributed by atoms with Gasteiger partial charge in [-0.1, -0.05) is 30.3 Å². The van der Waals surface area contributed by atoms with Gasteiger partial charge in [-0.2, -0.15) is 5.10 Å². The fourth-order valence-corrected chi connectivity index (χ4v) is 3.51. The second kappa shape index (κ2) is 7.62. The summed E-state index contributed by atoms with van der Waals surface area (Å²) >= 11 is 0. The topological polar surface area (TPSA) is 50.2 Å². The largest absolute Gasteiger partial charge is 0.352 e. The molecular formula is C19H26N4O. The summed E-state index contributed by atoms with van der Waals surface area (Å²) in [6.45, 7) is 5.78. The number of nitrogens with one attached hydrogen (secondary N) is 1. The molecule has 0 spiro atoms. The van der Waals surface area contributed by atoms with Crippen LogP contribution in [0.5, 0.6) is 0 Å². The van der Waals surface area contributed by atoms with Crippen LogP contribution in [0.1, 0.15) is 38.3 Å². The number of carbonyl (C=O) groups is 1. The van der Waals surface area contributed by atoms with E-state index in [1.54, 1.807) is 6.20 Å². The van der Waals surface area contributed by atoms with E-state index >= 15 is 0 Å². The van der Waals surface area contributed by atoms with Crippen LogP contribution in [0.2, 0.25) is 0 Å². The third kappa shape index (κ3) is 3.85. The lowest BCUT2D eigenvalue weighted by Crippen LogP contribution is -2.45. The zero-order valence-corrected chi connectivity index (χ0v) is 14.4. The van der Waals surface area contributed by atoms with Crippen molar-refractivity contribution in [2.45, 2.75) is 51.4 Å². The van der Waals surface area contributed by atoms with Crippen LogP contribution < -0.4 is 5.32 Å². The van der Waals surface area contributed by atoms with Crippen LogP contribution in [0, 0.1) is 0 Å². The maximum absolute atomic E-state index is 12.9. The molecule has 1 fully saturated rings. The van der Waals surface area contributed by atoms with Gasteiger partial charge in [-0.3, -0.25) is 14.4 Å². The van der Waals surface area contributed by atoms with Crippen LogP contribution in [0.15, 0.2) is 48.8 Å². The molecule has 3 rings (SSSR count). The van der Waals surface area contributed by atoms with Crippen molar-refractivity contribution in [2.75, 3.05) is 6.54 Å². The predicted octanol–water partition coefficient (Wildman–Crippen LogP) is 2.61. The fourth-order valence-electron chi connectivity index (χ4n) is 3.51. The second-order valence-electron chi connectivity index (χ2n) is 6.74. The third-order valence-corrected chi connectivity index (χ3v) is 4.51. The van der Waals surface area contributed by atoms with E-state index in [-0.39, 0.29) is 18.0 Å². The van der Waals surface area contributed by atoms with Gasteiger partial charge in [-0.05, 0) is 44.9 Å². The number of hydrogen-bond acceptors (Lipinski definition) is 3. The molecule has 0 radical (unpaired) electrons. The van der Waals surface area contributed by atoms with Gasteiger partial charge in [0.2, 0.25) is 5.91 Å². The standard InChI is InChI=1S/C19H26N4O/c1-15(2)21-19(24)18(16-8-4-3-5-9-16)23-13-6-10-17(23)14-22-12-7-11-20-22/h3-5,7-9,11-12,15,17-18H,6,10,13-14H2,1-2H3,(H,21,24)/t17-,18+/m1/s1. The van der Waals surface area contributed by atoms with Crippen molar-refractivity contribution in [1.82, 2.24) is 20.0 Å². The Hall–Kier alpha value is -2.14. The summed E-state index contributed by atoms with van der Waals surface area (Å²) in [4.78, 5) is 15.3. The summed E-state index contributed by atoms with van der Waals surface area (Å²) in [6, 6.07) is 12.3. The number of hydrogen-bond donors (Lipinski definition) is 1. The molecule has 1 N–H and O–H groups in total. The van der Waals surface area contributed by atoms with Crippen LogP contribution in [0.4, 0.5) is 0 Å². The molecule has 1 aliphatic heterocycles. The van der Waals surface area contributed by atoms with Crippen LogP contribution in [0.25, 0.3) is 0 Å².